The lowest BCUT2D eigenvalue weighted by Crippen LogP contribution is -2.03. The molecule has 0 fully saturated rings. The fourth-order valence-electron chi connectivity index (χ4n) is 2.11. The lowest BCUT2D eigenvalue weighted by atomic mass is 10.0. The first-order valence-electron chi connectivity index (χ1n) is 7.22. The minimum absolute atomic E-state index is 0.0467. The van der Waals surface area contributed by atoms with E-state index in [1.165, 1.54) is 7.11 Å². The van der Waals surface area contributed by atoms with E-state index in [0.29, 0.717) is 29.2 Å². The van der Waals surface area contributed by atoms with E-state index in [1.807, 2.05) is 25.1 Å². The number of nitriles is 1. The number of rotatable bonds is 6. The Morgan fingerprint density at radius 1 is 1.22 bits per heavy atom. The number of ketones is 1. The highest BCUT2D eigenvalue weighted by Gasteiger charge is 2.14. The number of carbonyl (C=O) groups is 1. The van der Waals surface area contributed by atoms with Gasteiger partial charge in [-0.05, 0) is 31.2 Å². The third-order valence-electron chi connectivity index (χ3n) is 3.22. The summed E-state index contributed by atoms with van der Waals surface area (Å²) in [4.78, 5) is 12.5. The van der Waals surface area contributed by atoms with E-state index in [-0.39, 0.29) is 11.4 Å². The van der Waals surface area contributed by atoms with E-state index in [4.69, 9.17) is 9.47 Å². The van der Waals surface area contributed by atoms with Crippen molar-refractivity contribution < 1.29 is 14.3 Å². The summed E-state index contributed by atoms with van der Waals surface area (Å²) in [6.45, 7) is 2.39. The topological polar surface area (TPSA) is 59.3 Å². The van der Waals surface area contributed by atoms with Crippen LogP contribution in [-0.4, -0.2) is 19.5 Å². The second-order valence-corrected chi connectivity index (χ2v) is 4.70. The van der Waals surface area contributed by atoms with E-state index < -0.39 is 0 Å². The highest BCUT2D eigenvalue weighted by Crippen LogP contribution is 2.23. The molecule has 116 valence electrons. The zero-order valence-electron chi connectivity index (χ0n) is 13.1. The molecule has 4 nitrogen and oxygen atoms in total. The van der Waals surface area contributed by atoms with Crippen LogP contribution < -0.4 is 9.47 Å². The van der Waals surface area contributed by atoms with E-state index in [2.05, 4.69) is 0 Å². The first-order valence-corrected chi connectivity index (χ1v) is 7.22. The Morgan fingerprint density at radius 2 is 2.00 bits per heavy atom. The molecule has 0 radical (unpaired) electrons. The maximum absolute atomic E-state index is 12.5. The predicted octanol–water partition coefficient (Wildman–Crippen LogP) is 3.88. The van der Waals surface area contributed by atoms with Crippen molar-refractivity contribution in [2.45, 2.75) is 6.92 Å². The van der Waals surface area contributed by atoms with Crippen molar-refractivity contribution in [2.24, 2.45) is 0 Å². The average Bonchev–Trinajstić information content (AvgIpc) is 2.60. The number of methoxy groups -OCH3 is 1. The summed E-state index contributed by atoms with van der Waals surface area (Å²) in [5, 5.41) is 9.36. The van der Waals surface area contributed by atoms with Crippen molar-refractivity contribution in [3.63, 3.8) is 0 Å². The Hall–Kier alpha value is -3.06. The van der Waals surface area contributed by atoms with Gasteiger partial charge >= 0.3 is 0 Å². The number of allylic oxidation sites excluding steroid dienone is 1. The van der Waals surface area contributed by atoms with Crippen molar-refractivity contribution in [2.75, 3.05) is 13.7 Å². The van der Waals surface area contributed by atoms with Crippen molar-refractivity contribution in [1.29, 1.82) is 5.26 Å². The minimum Gasteiger partial charge on any atom is -0.497 e. The number of carbonyl (C=O) groups excluding carboxylic acids is 1. The van der Waals surface area contributed by atoms with Crippen LogP contribution in [0.5, 0.6) is 11.5 Å². The van der Waals surface area contributed by atoms with Crippen LogP contribution in [0.1, 0.15) is 22.8 Å². The lowest BCUT2D eigenvalue weighted by molar-refractivity contribution is 0.103. The normalized spacial score (nSPS) is 10.7. The van der Waals surface area contributed by atoms with Gasteiger partial charge in [-0.3, -0.25) is 4.79 Å². The summed E-state index contributed by atoms with van der Waals surface area (Å²) in [6, 6.07) is 16.0. The van der Waals surface area contributed by atoms with Crippen LogP contribution in [-0.2, 0) is 0 Å². The van der Waals surface area contributed by atoms with Crippen LogP contribution in [0.3, 0.4) is 0 Å². The van der Waals surface area contributed by atoms with Gasteiger partial charge in [0.05, 0.1) is 13.7 Å². The molecule has 0 aromatic heterocycles. The lowest BCUT2D eigenvalue weighted by Gasteiger charge is -2.07. The largest absolute Gasteiger partial charge is 0.497 e. The van der Waals surface area contributed by atoms with Gasteiger partial charge in [-0.1, -0.05) is 30.3 Å². The zero-order valence-corrected chi connectivity index (χ0v) is 13.1. The molecule has 0 aliphatic rings. The van der Waals surface area contributed by atoms with Crippen LogP contribution in [0.25, 0.3) is 6.08 Å². The molecule has 0 unspecified atom stereocenters. The Balaban J connectivity index is 2.39. The van der Waals surface area contributed by atoms with E-state index >= 15 is 0 Å². The molecule has 0 aliphatic carbocycles. The summed E-state index contributed by atoms with van der Waals surface area (Å²) in [7, 11) is 1.53. The molecular weight excluding hydrogens is 290 g/mol. The van der Waals surface area contributed by atoms with Gasteiger partial charge in [-0.25, -0.2) is 0 Å². The van der Waals surface area contributed by atoms with Gasteiger partial charge in [0.1, 0.15) is 23.1 Å². The number of hydrogen-bond donors (Lipinski definition) is 0. The van der Waals surface area contributed by atoms with E-state index in [1.54, 1.807) is 42.5 Å². The third kappa shape index (κ3) is 3.98. The highest BCUT2D eigenvalue weighted by molar-refractivity contribution is 6.14. The van der Waals surface area contributed by atoms with Gasteiger partial charge < -0.3 is 9.47 Å². The first kappa shape index (κ1) is 16.3. The number of para-hydroxylation sites is 1. The molecule has 0 heterocycles. The van der Waals surface area contributed by atoms with Gasteiger partial charge in [0, 0.05) is 11.1 Å². The molecule has 0 aliphatic heterocycles. The average molecular weight is 307 g/mol. The monoisotopic (exact) mass is 307 g/mol. The molecule has 23 heavy (non-hydrogen) atoms. The molecule has 0 bridgehead atoms. The van der Waals surface area contributed by atoms with Gasteiger partial charge in [0.15, 0.2) is 0 Å². The zero-order chi connectivity index (χ0) is 16.7. The molecule has 0 amide bonds. The SMILES string of the molecule is CCOc1ccccc1/C=C(\C#N)C(=O)c1cccc(OC)c1. The molecule has 2 rings (SSSR count). The second kappa shape index (κ2) is 7.81. The Morgan fingerprint density at radius 3 is 2.70 bits per heavy atom. The third-order valence-corrected chi connectivity index (χ3v) is 3.22. The van der Waals surface area contributed by atoms with E-state index in [9.17, 15) is 10.1 Å². The van der Waals surface area contributed by atoms with Crippen LogP contribution in [0.2, 0.25) is 0 Å². The van der Waals surface area contributed by atoms with Crippen molar-refractivity contribution in [3.05, 3.63) is 65.2 Å². The maximum atomic E-state index is 12.5. The van der Waals surface area contributed by atoms with Crippen LogP contribution in [0, 0.1) is 11.3 Å². The molecule has 4 heteroatoms. The Labute approximate surface area is 135 Å². The smallest absolute Gasteiger partial charge is 0.203 e. The van der Waals surface area contributed by atoms with Crippen LogP contribution in [0.4, 0.5) is 0 Å². The van der Waals surface area contributed by atoms with Gasteiger partial charge in [-0.2, -0.15) is 5.26 Å². The number of Topliss-reactive ketones (excluding diaryl/α,β-unsaturated/α-hetero) is 1. The van der Waals surface area contributed by atoms with Crippen LogP contribution in [0.15, 0.2) is 54.1 Å². The standard InChI is InChI=1S/C19H17NO3/c1-3-23-18-10-5-4-7-14(18)11-16(13-20)19(21)15-8-6-9-17(12-15)22-2/h4-12H,3H2,1-2H3/b16-11+. The molecule has 2 aromatic rings. The fraction of sp³-hybridized carbons (Fsp3) is 0.158. The summed E-state index contributed by atoms with van der Waals surface area (Å²) in [5.74, 6) is 0.863. The van der Waals surface area contributed by atoms with Gasteiger partial charge in [-0.15, -0.1) is 0 Å². The summed E-state index contributed by atoms with van der Waals surface area (Å²) < 4.78 is 10.6. The molecular formula is C19H17NO3. The molecule has 0 saturated heterocycles. The molecule has 0 N–H and O–H groups in total. The summed E-state index contributed by atoms with van der Waals surface area (Å²) >= 11 is 0. The Bertz CT molecular complexity index is 772. The van der Waals surface area contributed by atoms with Crippen molar-refractivity contribution in [3.8, 4) is 17.6 Å². The number of nitrogens with zero attached hydrogens (tertiary/aromatic N) is 1. The first-order chi connectivity index (χ1) is 11.2. The number of ether oxygens (including phenoxy) is 2. The van der Waals surface area contributed by atoms with Crippen molar-refractivity contribution in [1.82, 2.24) is 0 Å². The Kier molecular flexibility index (Phi) is 5.54. The number of hydrogen-bond acceptors (Lipinski definition) is 4. The molecule has 0 atom stereocenters. The summed E-state index contributed by atoms with van der Waals surface area (Å²) in [5.41, 5.74) is 1.15. The minimum atomic E-state index is -0.349. The van der Waals surface area contributed by atoms with Gasteiger partial charge in [0.2, 0.25) is 5.78 Å². The van der Waals surface area contributed by atoms with Crippen LogP contribution >= 0.6 is 0 Å². The number of benzene rings is 2. The fourth-order valence-corrected chi connectivity index (χ4v) is 2.11. The quantitative estimate of drug-likeness (QED) is 0.461. The molecule has 0 saturated carbocycles. The van der Waals surface area contributed by atoms with Gasteiger partial charge in [0.25, 0.3) is 0 Å². The molecule has 0 spiro atoms. The highest BCUT2D eigenvalue weighted by atomic mass is 16.5. The predicted molar refractivity (Wildman–Crippen MR) is 88.5 cm³/mol. The molecule has 2 aromatic carbocycles. The van der Waals surface area contributed by atoms with E-state index in [0.717, 1.165) is 0 Å². The summed E-state index contributed by atoms with van der Waals surface area (Å²) in [6.07, 6.45) is 1.55. The maximum Gasteiger partial charge on any atom is 0.203 e. The van der Waals surface area contributed by atoms with Crippen molar-refractivity contribution >= 4 is 11.9 Å². The second-order valence-electron chi connectivity index (χ2n) is 4.70.